The normalized spacial score (nSPS) is 30.1. The fourth-order valence-electron chi connectivity index (χ4n) is 2.80. The van der Waals surface area contributed by atoms with Gasteiger partial charge in [0.15, 0.2) is 0 Å². The highest BCUT2D eigenvalue weighted by Gasteiger charge is 2.32. The van der Waals surface area contributed by atoms with Crippen LogP contribution >= 0.6 is 0 Å². The van der Waals surface area contributed by atoms with E-state index in [2.05, 4.69) is 6.92 Å². The van der Waals surface area contributed by atoms with Crippen LogP contribution in [0.1, 0.15) is 38.2 Å². The van der Waals surface area contributed by atoms with E-state index in [1.165, 1.54) is 12.8 Å². The standard InChI is InChI=1S/C15H23NOS/c1-3-12-8-9-13(16)15(10-12)18(17)14-7-5-4-6-11(14)2/h4-7,12-13,15H,3,8-10,16H2,1-2H3. The summed E-state index contributed by atoms with van der Waals surface area (Å²) in [4.78, 5) is 0.967. The Labute approximate surface area is 112 Å². The van der Waals surface area contributed by atoms with Gasteiger partial charge in [0, 0.05) is 10.9 Å². The van der Waals surface area contributed by atoms with E-state index < -0.39 is 10.8 Å². The molecule has 2 N–H and O–H groups in total. The highest BCUT2D eigenvalue weighted by atomic mass is 32.2. The van der Waals surface area contributed by atoms with E-state index in [1.54, 1.807) is 0 Å². The van der Waals surface area contributed by atoms with Crippen LogP contribution in [0.3, 0.4) is 0 Å². The molecule has 1 aliphatic carbocycles. The molecule has 0 spiro atoms. The second kappa shape index (κ2) is 5.98. The lowest BCUT2D eigenvalue weighted by Gasteiger charge is -2.33. The summed E-state index contributed by atoms with van der Waals surface area (Å²) < 4.78 is 12.7. The van der Waals surface area contributed by atoms with Crippen LogP contribution in [-0.4, -0.2) is 15.5 Å². The van der Waals surface area contributed by atoms with E-state index in [4.69, 9.17) is 5.73 Å². The Morgan fingerprint density at radius 2 is 2.06 bits per heavy atom. The number of rotatable bonds is 3. The maximum Gasteiger partial charge on any atom is 0.0579 e. The quantitative estimate of drug-likeness (QED) is 0.913. The molecule has 0 radical (unpaired) electrons. The Morgan fingerprint density at radius 3 is 2.72 bits per heavy atom. The Morgan fingerprint density at radius 1 is 1.33 bits per heavy atom. The number of benzene rings is 1. The van der Waals surface area contributed by atoms with Crippen molar-refractivity contribution in [2.45, 2.75) is 55.7 Å². The Balaban J connectivity index is 2.19. The van der Waals surface area contributed by atoms with Crippen molar-refractivity contribution in [1.29, 1.82) is 0 Å². The van der Waals surface area contributed by atoms with E-state index in [0.717, 1.165) is 23.3 Å². The van der Waals surface area contributed by atoms with Crippen LogP contribution < -0.4 is 5.73 Å². The molecule has 1 aromatic rings. The van der Waals surface area contributed by atoms with Crippen molar-refractivity contribution in [2.24, 2.45) is 11.7 Å². The largest absolute Gasteiger partial charge is 0.327 e. The third-order valence-electron chi connectivity index (χ3n) is 4.11. The third kappa shape index (κ3) is 2.83. The number of nitrogens with two attached hydrogens (primary N) is 1. The van der Waals surface area contributed by atoms with Gasteiger partial charge in [-0.05, 0) is 43.7 Å². The number of hydrogen-bond acceptors (Lipinski definition) is 2. The van der Waals surface area contributed by atoms with Gasteiger partial charge in [-0.3, -0.25) is 4.21 Å². The lowest BCUT2D eigenvalue weighted by Crippen LogP contribution is -2.43. The van der Waals surface area contributed by atoms with Crippen molar-refractivity contribution in [3.05, 3.63) is 29.8 Å². The monoisotopic (exact) mass is 265 g/mol. The van der Waals surface area contributed by atoms with Crippen LogP contribution in [0.2, 0.25) is 0 Å². The van der Waals surface area contributed by atoms with Gasteiger partial charge in [0.1, 0.15) is 0 Å². The molecule has 1 aliphatic rings. The van der Waals surface area contributed by atoms with Crippen molar-refractivity contribution in [2.75, 3.05) is 0 Å². The molecule has 0 heterocycles. The molecular formula is C15H23NOS. The van der Waals surface area contributed by atoms with Gasteiger partial charge in [0.25, 0.3) is 0 Å². The van der Waals surface area contributed by atoms with Gasteiger partial charge >= 0.3 is 0 Å². The predicted molar refractivity (Wildman–Crippen MR) is 77.0 cm³/mol. The molecule has 2 nitrogen and oxygen atoms in total. The highest BCUT2D eigenvalue weighted by Crippen LogP contribution is 2.31. The van der Waals surface area contributed by atoms with Gasteiger partial charge in [-0.15, -0.1) is 0 Å². The average molecular weight is 265 g/mol. The van der Waals surface area contributed by atoms with Gasteiger partial charge in [0.2, 0.25) is 0 Å². The highest BCUT2D eigenvalue weighted by molar-refractivity contribution is 7.85. The molecule has 0 amide bonds. The van der Waals surface area contributed by atoms with E-state index >= 15 is 0 Å². The SMILES string of the molecule is CCC1CCC(N)C(S(=O)c2ccccc2C)C1. The minimum Gasteiger partial charge on any atom is -0.327 e. The molecule has 2 rings (SSSR count). The molecule has 1 fully saturated rings. The van der Waals surface area contributed by atoms with Crippen LogP contribution in [0, 0.1) is 12.8 Å². The molecule has 1 saturated carbocycles. The van der Waals surface area contributed by atoms with Gasteiger partial charge in [-0.1, -0.05) is 31.5 Å². The van der Waals surface area contributed by atoms with Gasteiger partial charge in [-0.2, -0.15) is 0 Å². The fourth-order valence-corrected chi connectivity index (χ4v) is 4.62. The third-order valence-corrected chi connectivity index (χ3v) is 6.10. The molecule has 100 valence electrons. The lowest BCUT2D eigenvalue weighted by molar-refractivity contribution is 0.324. The summed E-state index contributed by atoms with van der Waals surface area (Å²) in [5.74, 6) is 0.697. The minimum absolute atomic E-state index is 0.0910. The van der Waals surface area contributed by atoms with E-state index in [-0.39, 0.29) is 11.3 Å². The Hall–Kier alpha value is -0.670. The zero-order chi connectivity index (χ0) is 13.1. The van der Waals surface area contributed by atoms with Crippen LogP contribution in [0.15, 0.2) is 29.2 Å². The van der Waals surface area contributed by atoms with Crippen molar-refractivity contribution in [3.8, 4) is 0 Å². The first-order valence-electron chi connectivity index (χ1n) is 6.85. The zero-order valence-corrected chi connectivity index (χ0v) is 12.1. The van der Waals surface area contributed by atoms with Crippen molar-refractivity contribution >= 4 is 10.8 Å². The minimum atomic E-state index is -0.959. The summed E-state index contributed by atoms with van der Waals surface area (Å²) in [6.07, 6.45) is 4.40. The van der Waals surface area contributed by atoms with Gasteiger partial charge in [0.05, 0.1) is 16.0 Å². The average Bonchev–Trinajstić information content (AvgIpc) is 2.39. The first-order valence-corrected chi connectivity index (χ1v) is 8.06. The number of hydrogen-bond donors (Lipinski definition) is 1. The van der Waals surface area contributed by atoms with E-state index in [9.17, 15) is 4.21 Å². The first kappa shape index (κ1) is 13.8. The van der Waals surface area contributed by atoms with E-state index in [0.29, 0.717) is 5.92 Å². The maximum atomic E-state index is 12.7. The van der Waals surface area contributed by atoms with Crippen molar-refractivity contribution in [1.82, 2.24) is 0 Å². The second-order valence-electron chi connectivity index (χ2n) is 5.35. The Kier molecular flexibility index (Phi) is 4.57. The molecule has 1 aromatic carbocycles. The predicted octanol–water partition coefficient (Wildman–Crippen LogP) is 3.01. The van der Waals surface area contributed by atoms with Crippen LogP contribution in [0.25, 0.3) is 0 Å². The summed E-state index contributed by atoms with van der Waals surface area (Å²) >= 11 is 0. The smallest absolute Gasteiger partial charge is 0.0579 e. The van der Waals surface area contributed by atoms with Gasteiger partial charge < -0.3 is 5.73 Å². The summed E-state index contributed by atoms with van der Waals surface area (Å²) in [6.45, 7) is 4.24. The Bertz CT molecular complexity index is 432. The fraction of sp³-hybridized carbons (Fsp3) is 0.600. The van der Waals surface area contributed by atoms with Crippen molar-refractivity contribution in [3.63, 3.8) is 0 Å². The molecule has 0 saturated heterocycles. The molecule has 4 atom stereocenters. The van der Waals surface area contributed by atoms with Crippen LogP contribution in [-0.2, 0) is 10.8 Å². The zero-order valence-electron chi connectivity index (χ0n) is 11.3. The molecule has 4 unspecified atom stereocenters. The van der Waals surface area contributed by atoms with Gasteiger partial charge in [-0.25, -0.2) is 0 Å². The lowest BCUT2D eigenvalue weighted by atomic mass is 9.84. The summed E-state index contributed by atoms with van der Waals surface area (Å²) in [5, 5.41) is 0.129. The molecule has 18 heavy (non-hydrogen) atoms. The van der Waals surface area contributed by atoms with Crippen LogP contribution in [0.5, 0.6) is 0 Å². The summed E-state index contributed by atoms with van der Waals surface area (Å²) in [7, 11) is -0.959. The number of aryl methyl sites for hydroxylation is 1. The summed E-state index contributed by atoms with van der Waals surface area (Å²) in [6, 6.07) is 8.05. The maximum absolute atomic E-state index is 12.7. The van der Waals surface area contributed by atoms with Crippen molar-refractivity contribution < 1.29 is 4.21 Å². The topological polar surface area (TPSA) is 43.1 Å². The summed E-state index contributed by atoms with van der Waals surface area (Å²) in [5.41, 5.74) is 7.30. The first-order chi connectivity index (χ1) is 8.63. The second-order valence-corrected chi connectivity index (χ2v) is 6.99. The molecule has 3 heteroatoms. The molecule has 0 aliphatic heterocycles. The molecule has 0 aromatic heterocycles. The molecule has 0 bridgehead atoms. The molecular weight excluding hydrogens is 242 g/mol. The van der Waals surface area contributed by atoms with E-state index in [1.807, 2.05) is 31.2 Å². The van der Waals surface area contributed by atoms with Crippen LogP contribution in [0.4, 0.5) is 0 Å².